The predicted molar refractivity (Wildman–Crippen MR) is 98.9 cm³/mol. The molecule has 1 aliphatic rings. The molecule has 2 N–H and O–H groups in total. The molecule has 1 saturated carbocycles. The maximum Gasteiger partial charge on any atom is 0.233 e. The second-order valence-corrected chi connectivity index (χ2v) is 8.08. The van der Waals surface area contributed by atoms with Crippen molar-refractivity contribution in [3.63, 3.8) is 0 Å². The first kappa shape index (κ1) is 18.0. The van der Waals surface area contributed by atoms with Crippen LogP contribution >= 0.6 is 11.8 Å². The summed E-state index contributed by atoms with van der Waals surface area (Å²) in [7, 11) is 0. The molecule has 2 aromatic rings. The molecule has 0 saturated heterocycles. The minimum atomic E-state index is -0.264. The van der Waals surface area contributed by atoms with Crippen LogP contribution in [0, 0.1) is 11.7 Å². The van der Waals surface area contributed by atoms with Crippen molar-refractivity contribution in [2.24, 2.45) is 5.92 Å². The highest BCUT2D eigenvalue weighted by molar-refractivity contribution is 8.00. The van der Waals surface area contributed by atoms with Crippen molar-refractivity contribution in [3.8, 4) is 11.3 Å². The van der Waals surface area contributed by atoms with Gasteiger partial charge in [0.05, 0.1) is 17.1 Å². The first-order valence-electron chi connectivity index (χ1n) is 8.81. The molecule has 3 atom stereocenters. The Labute approximate surface area is 152 Å². The van der Waals surface area contributed by atoms with Gasteiger partial charge in [0, 0.05) is 6.04 Å². The highest BCUT2D eigenvalue weighted by Gasteiger charge is 2.25. The van der Waals surface area contributed by atoms with E-state index >= 15 is 0 Å². The maximum atomic E-state index is 13.0. The molecule has 1 aromatic heterocycles. The van der Waals surface area contributed by atoms with Crippen LogP contribution in [0.2, 0.25) is 0 Å². The van der Waals surface area contributed by atoms with E-state index in [0.29, 0.717) is 11.1 Å². The number of amides is 1. The third kappa shape index (κ3) is 4.63. The number of imidazole rings is 1. The van der Waals surface area contributed by atoms with Crippen LogP contribution < -0.4 is 5.32 Å². The van der Waals surface area contributed by atoms with E-state index in [1.807, 2.05) is 6.92 Å². The number of aromatic nitrogens is 2. The lowest BCUT2D eigenvalue weighted by atomic mass is 9.86. The van der Waals surface area contributed by atoms with Crippen molar-refractivity contribution in [3.05, 3.63) is 36.3 Å². The van der Waals surface area contributed by atoms with Gasteiger partial charge in [0.1, 0.15) is 5.82 Å². The SMILES string of the molecule is CC(Sc1ncc(-c2ccc(F)cc2)[nH]1)C(=O)NC1CCCCC1C. The van der Waals surface area contributed by atoms with Crippen LogP contribution in [-0.2, 0) is 4.79 Å². The molecule has 0 spiro atoms. The van der Waals surface area contributed by atoms with Gasteiger partial charge in [-0.15, -0.1) is 0 Å². The van der Waals surface area contributed by atoms with Crippen molar-refractivity contribution in [1.82, 2.24) is 15.3 Å². The monoisotopic (exact) mass is 361 g/mol. The van der Waals surface area contributed by atoms with Gasteiger partial charge >= 0.3 is 0 Å². The summed E-state index contributed by atoms with van der Waals surface area (Å²) in [4.78, 5) is 20.0. The topological polar surface area (TPSA) is 57.8 Å². The Balaban J connectivity index is 1.58. The fourth-order valence-corrected chi connectivity index (χ4v) is 3.98. The van der Waals surface area contributed by atoms with Crippen molar-refractivity contribution < 1.29 is 9.18 Å². The third-order valence-electron chi connectivity index (χ3n) is 4.80. The number of carbonyl (C=O) groups is 1. The highest BCUT2D eigenvalue weighted by atomic mass is 32.2. The molecular weight excluding hydrogens is 337 g/mol. The van der Waals surface area contributed by atoms with Crippen LogP contribution in [0.3, 0.4) is 0 Å². The van der Waals surface area contributed by atoms with Gasteiger partial charge in [0.2, 0.25) is 5.91 Å². The largest absolute Gasteiger partial charge is 0.352 e. The van der Waals surface area contributed by atoms with Crippen LogP contribution in [0.1, 0.15) is 39.5 Å². The second-order valence-electron chi connectivity index (χ2n) is 6.75. The first-order chi connectivity index (χ1) is 12.0. The summed E-state index contributed by atoms with van der Waals surface area (Å²) in [5, 5.41) is 3.66. The van der Waals surface area contributed by atoms with Gasteiger partial charge < -0.3 is 10.3 Å². The second kappa shape index (κ2) is 8.04. The van der Waals surface area contributed by atoms with Crippen LogP contribution in [0.15, 0.2) is 35.6 Å². The van der Waals surface area contributed by atoms with E-state index in [1.54, 1.807) is 18.3 Å². The van der Waals surface area contributed by atoms with Crippen molar-refractivity contribution >= 4 is 17.7 Å². The molecule has 1 fully saturated rings. The van der Waals surface area contributed by atoms with E-state index in [2.05, 4.69) is 22.2 Å². The summed E-state index contributed by atoms with van der Waals surface area (Å²) in [6.07, 6.45) is 6.42. The Kier molecular flexibility index (Phi) is 5.78. The number of hydrogen-bond acceptors (Lipinski definition) is 3. The average molecular weight is 361 g/mol. The number of H-pyrrole nitrogens is 1. The number of rotatable bonds is 5. The molecule has 0 bridgehead atoms. The number of halogens is 1. The van der Waals surface area contributed by atoms with Crippen molar-refractivity contribution in [2.75, 3.05) is 0 Å². The fraction of sp³-hybridized carbons (Fsp3) is 0.474. The lowest BCUT2D eigenvalue weighted by molar-refractivity contribution is -0.121. The average Bonchev–Trinajstić information content (AvgIpc) is 3.06. The van der Waals surface area contributed by atoms with E-state index in [-0.39, 0.29) is 23.0 Å². The van der Waals surface area contributed by atoms with Gasteiger partial charge in [-0.3, -0.25) is 4.79 Å². The van der Waals surface area contributed by atoms with E-state index in [9.17, 15) is 9.18 Å². The van der Waals surface area contributed by atoms with Gasteiger partial charge in [-0.25, -0.2) is 9.37 Å². The molecule has 0 radical (unpaired) electrons. The first-order valence-corrected chi connectivity index (χ1v) is 9.69. The Morgan fingerprint density at radius 3 is 2.76 bits per heavy atom. The van der Waals surface area contributed by atoms with Gasteiger partial charge in [-0.05, 0) is 55.5 Å². The lowest BCUT2D eigenvalue weighted by Gasteiger charge is -2.30. The summed E-state index contributed by atoms with van der Waals surface area (Å²) in [5.41, 5.74) is 1.69. The van der Waals surface area contributed by atoms with Gasteiger partial charge in [-0.1, -0.05) is 31.5 Å². The Morgan fingerprint density at radius 1 is 1.32 bits per heavy atom. The number of nitrogens with one attached hydrogen (secondary N) is 2. The molecule has 1 aliphatic carbocycles. The molecule has 4 nitrogen and oxygen atoms in total. The maximum absolute atomic E-state index is 13.0. The molecule has 1 amide bonds. The Morgan fingerprint density at radius 2 is 2.04 bits per heavy atom. The molecule has 1 aromatic carbocycles. The number of hydrogen-bond donors (Lipinski definition) is 2. The molecule has 0 aliphatic heterocycles. The fourth-order valence-electron chi connectivity index (χ4n) is 3.19. The van der Waals surface area contributed by atoms with Crippen LogP contribution in [0.4, 0.5) is 4.39 Å². The quantitative estimate of drug-likeness (QED) is 0.777. The minimum absolute atomic E-state index is 0.0588. The summed E-state index contributed by atoms with van der Waals surface area (Å²) in [6.45, 7) is 4.11. The van der Waals surface area contributed by atoms with Crippen molar-refractivity contribution in [1.29, 1.82) is 0 Å². The van der Waals surface area contributed by atoms with E-state index in [1.165, 1.54) is 43.2 Å². The summed E-state index contributed by atoms with van der Waals surface area (Å²) in [6, 6.07) is 6.54. The smallest absolute Gasteiger partial charge is 0.233 e. The van der Waals surface area contributed by atoms with E-state index < -0.39 is 0 Å². The molecular formula is C19H24FN3OS. The Bertz CT molecular complexity index is 716. The highest BCUT2D eigenvalue weighted by Crippen LogP contribution is 2.27. The summed E-state index contributed by atoms with van der Waals surface area (Å²) >= 11 is 1.41. The molecule has 1 heterocycles. The van der Waals surface area contributed by atoms with E-state index in [0.717, 1.165) is 17.7 Å². The number of thioether (sulfide) groups is 1. The van der Waals surface area contributed by atoms with Gasteiger partial charge in [-0.2, -0.15) is 0 Å². The Hall–Kier alpha value is -1.82. The van der Waals surface area contributed by atoms with Gasteiger partial charge in [0.25, 0.3) is 0 Å². The molecule has 25 heavy (non-hydrogen) atoms. The summed E-state index contributed by atoms with van der Waals surface area (Å²) in [5.74, 6) is 0.340. The van der Waals surface area contributed by atoms with Crippen LogP contribution in [0.25, 0.3) is 11.3 Å². The predicted octanol–water partition coefficient (Wildman–Crippen LogP) is 4.39. The molecule has 3 rings (SSSR count). The normalized spacial score (nSPS) is 21.7. The lowest BCUT2D eigenvalue weighted by Crippen LogP contribution is -2.44. The molecule has 3 unspecified atom stereocenters. The third-order valence-corrected chi connectivity index (χ3v) is 5.80. The number of carbonyl (C=O) groups excluding carboxylic acids is 1. The van der Waals surface area contributed by atoms with Crippen molar-refractivity contribution in [2.45, 2.75) is 56.0 Å². The van der Waals surface area contributed by atoms with Gasteiger partial charge in [0.15, 0.2) is 5.16 Å². The standard InChI is InChI=1S/C19H24FN3OS/c1-12-5-3-4-6-16(12)22-18(24)13(2)25-19-21-11-17(23-19)14-7-9-15(20)10-8-14/h7-13,16H,3-6H2,1-2H3,(H,21,23)(H,22,24). The van der Waals surface area contributed by atoms with Crippen LogP contribution in [-0.4, -0.2) is 27.2 Å². The minimum Gasteiger partial charge on any atom is -0.352 e. The zero-order valence-electron chi connectivity index (χ0n) is 14.6. The number of nitrogens with zero attached hydrogens (tertiary/aromatic N) is 1. The zero-order chi connectivity index (χ0) is 17.8. The molecule has 134 valence electrons. The van der Waals surface area contributed by atoms with Crippen LogP contribution in [0.5, 0.6) is 0 Å². The van der Waals surface area contributed by atoms with E-state index in [4.69, 9.17) is 0 Å². The number of aromatic amines is 1. The summed E-state index contributed by atoms with van der Waals surface area (Å²) < 4.78 is 13.0. The zero-order valence-corrected chi connectivity index (χ0v) is 15.4. The molecule has 6 heteroatoms. The number of benzene rings is 1.